The van der Waals surface area contributed by atoms with Gasteiger partial charge in [-0.1, -0.05) is 5.16 Å². The normalized spacial score (nSPS) is 23.0. The summed E-state index contributed by atoms with van der Waals surface area (Å²) in [7, 11) is 0. The van der Waals surface area contributed by atoms with Gasteiger partial charge in [0.2, 0.25) is 5.91 Å². The third kappa shape index (κ3) is 3.63. The topological polar surface area (TPSA) is 104 Å². The van der Waals surface area contributed by atoms with Crippen molar-refractivity contribution in [1.29, 1.82) is 0 Å². The molecular weight excluding hydrogens is 334 g/mol. The van der Waals surface area contributed by atoms with E-state index in [0.717, 1.165) is 31.4 Å². The van der Waals surface area contributed by atoms with E-state index in [-0.39, 0.29) is 30.3 Å². The minimum atomic E-state index is -0.201. The molecule has 4 rings (SSSR count). The Bertz CT molecular complexity index is 781. The highest BCUT2D eigenvalue weighted by molar-refractivity contribution is 5.92. The van der Waals surface area contributed by atoms with E-state index in [0.29, 0.717) is 24.0 Å². The number of carbonyl (C=O) groups excluding carboxylic acids is 2. The molecule has 8 heteroatoms. The number of nitrogens with one attached hydrogen (secondary N) is 2. The molecule has 2 aromatic heterocycles. The van der Waals surface area contributed by atoms with E-state index in [1.165, 1.54) is 0 Å². The van der Waals surface area contributed by atoms with Crippen molar-refractivity contribution >= 4 is 11.8 Å². The minimum absolute atomic E-state index is 0.0336. The van der Waals surface area contributed by atoms with Crippen LogP contribution in [0.3, 0.4) is 0 Å². The van der Waals surface area contributed by atoms with Crippen LogP contribution < -0.4 is 5.32 Å². The van der Waals surface area contributed by atoms with Crippen LogP contribution in [-0.2, 0) is 11.2 Å². The van der Waals surface area contributed by atoms with Crippen LogP contribution in [0.25, 0.3) is 0 Å². The second-order valence-corrected chi connectivity index (χ2v) is 7.23. The van der Waals surface area contributed by atoms with Crippen molar-refractivity contribution in [1.82, 2.24) is 25.3 Å². The SMILES string of the molecule is CC1CC(NC(=O)c2cc(C3CC3)on2)CCN1C(=O)Cc1ncc[nH]1. The Balaban J connectivity index is 1.30. The summed E-state index contributed by atoms with van der Waals surface area (Å²) in [6.45, 7) is 2.64. The highest BCUT2D eigenvalue weighted by atomic mass is 16.5. The van der Waals surface area contributed by atoms with Gasteiger partial charge in [0.1, 0.15) is 11.6 Å². The fourth-order valence-electron chi connectivity index (χ4n) is 3.53. The van der Waals surface area contributed by atoms with Gasteiger partial charge in [-0.25, -0.2) is 4.98 Å². The van der Waals surface area contributed by atoms with E-state index in [9.17, 15) is 9.59 Å². The zero-order chi connectivity index (χ0) is 18.1. The van der Waals surface area contributed by atoms with Crippen LogP contribution in [0.15, 0.2) is 23.0 Å². The predicted molar refractivity (Wildman–Crippen MR) is 92.4 cm³/mol. The van der Waals surface area contributed by atoms with Crippen LogP contribution in [0.2, 0.25) is 0 Å². The van der Waals surface area contributed by atoms with Crippen LogP contribution in [0.4, 0.5) is 0 Å². The number of carbonyl (C=O) groups is 2. The molecule has 2 fully saturated rings. The Morgan fingerprint density at radius 1 is 1.38 bits per heavy atom. The van der Waals surface area contributed by atoms with Gasteiger partial charge in [-0.15, -0.1) is 0 Å². The Hall–Kier alpha value is -2.64. The quantitative estimate of drug-likeness (QED) is 0.846. The third-order valence-corrected chi connectivity index (χ3v) is 5.15. The maximum atomic E-state index is 12.5. The molecule has 0 aromatic carbocycles. The average molecular weight is 357 g/mol. The van der Waals surface area contributed by atoms with Crippen LogP contribution >= 0.6 is 0 Å². The summed E-state index contributed by atoms with van der Waals surface area (Å²) in [6.07, 6.45) is 7.31. The van der Waals surface area contributed by atoms with E-state index in [1.807, 2.05) is 11.8 Å². The van der Waals surface area contributed by atoms with Gasteiger partial charge in [-0.2, -0.15) is 0 Å². The standard InChI is InChI=1S/C18H23N5O3/c1-11-8-13(4-7-23(11)17(24)10-16-19-5-6-20-16)21-18(25)14-9-15(26-22-14)12-2-3-12/h5-6,9,11-13H,2-4,7-8,10H2,1H3,(H,19,20)(H,21,25). The van der Waals surface area contributed by atoms with E-state index in [1.54, 1.807) is 18.5 Å². The lowest BCUT2D eigenvalue weighted by atomic mass is 9.97. The molecule has 1 aliphatic carbocycles. The number of piperidine rings is 1. The zero-order valence-corrected chi connectivity index (χ0v) is 14.8. The molecule has 1 saturated heterocycles. The number of amides is 2. The molecule has 8 nitrogen and oxygen atoms in total. The number of aromatic amines is 1. The van der Waals surface area contributed by atoms with Crippen molar-refractivity contribution < 1.29 is 14.1 Å². The number of imidazole rings is 1. The predicted octanol–water partition coefficient (Wildman–Crippen LogP) is 1.63. The number of hydrogen-bond acceptors (Lipinski definition) is 5. The van der Waals surface area contributed by atoms with Crippen LogP contribution in [-0.4, -0.2) is 50.5 Å². The van der Waals surface area contributed by atoms with Gasteiger partial charge in [0.25, 0.3) is 5.91 Å². The molecule has 0 spiro atoms. The molecule has 3 heterocycles. The van der Waals surface area contributed by atoms with E-state index < -0.39 is 0 Å². The number of aromatic nitrogens is 3. The largest absolute Gasteiger partial charge is 0.360 e. The smallest absolute Gasteiger partial charge is 0.273 e. The summed E-state index contributed by atoms with van der Waals surface area (Å²) < 4.78 is 5.25. The Morgan fingerprint density at radius 2 is 2.23 bits per heavy atom. The van der Waals surface area contributed by atoms with Crippen molar-refractivity contribution in [2.45, 2.75) is 57.0 Å². The first-order chi connectivity index (χ1) is 12.6. The average Bonchev–Trinajstić information content (AvgIpc) is 3.12. The van der Waals surface area contributed by atoms with E-state index in [2.05, 4.69) is 20.4 Å². The van der Waals surface area contributed by atoms with Crippen LogP contribution in [0, 0.1) is 0 Å². The maximum Gasteiger partial charge on any atom is 0.273 e. The number of rotatable bonds is 5. The molecule has 2 unspecified atom stereocenters. The summed E-state index contributed by atoms with van der Waals surface area (Å²) in [5.74, 6) is 1.78. The molecule has 138 valence electrons. The lowest BCUT2D eigenvalue weighted by molar-refractivity contribution is -0.134. The number of nitrogens with zero attached hydrogens (tertiary/aromatic N) is 3. The van der Waals surface area contributed by atoms with Crippen molar-refractivity contribution in [3.05, 3.63) is 35.7 Å². The van der Waals surface area contributed by atoms with Gasteiger partial charge < -0.3 is 19.7 Å². The van der Waals surface area contributed by atoms with Crippen molar-refractivity contribution in [2.75, 3.05) is 6.54 Å². The lowest BCUT2D eigenvalue weighted by Crippen LogP contribution is -2.51. The third-order valence-electron chi connectivity index (χ3n) is 5.15. The fraction of sp³-hybridized carbons (Fsp3) is 0.556. The monoisotopic (exact) mass is 357 g/mol. The molecule has 1 saturated carbocycles. The summed E-state index contributed by atoms with van der Waals surface area (Å²) in [5, 5.41) is 6.91. The van der Waals surface area contributed by atoms with Crippen LogP contribution in [0.1, 0.15) is 60.6 Å². The molecule has 2 aliphatic rings. The Morgan fingerprint density at radius 3 is 2.92 bits per heavy atom. The van der Waals surface area contributed by atoms with Crippen LogP contribution in [0.5, 0.6) is 0 Å². The van der Waals surface area contributed by atoms with Crippen molar-refractivity contribution in [2.24, 2.45) is 0 Å². The molecule has 0 radical (unpaired) electrons. The van der Waals surface area contributed by atoms with Gasteiger partial charge in [0.15, 0.2) is 5.69 Å². The van der Waals surface area contributed by atoms with Crippen molar-refractivity contribution in [3.8, 4) is 0 Å². The van der Waals surface area contributed by atoms with E-state index in [4.69, 9.17) is 4.52 Å². The highest BCUT2D eigenvalue weighted by Crippen LogP contribution is 2.40. The minimum Gasteiger partial charge on any atom is -0.360 e. The number of H-pyrrole nitrogens is 1. The molecule has 2 atom stereocenters. The molecule has 0 bridgehead atoms. The Kier molecular flexibility index (Phi) is 4.48. The van der Waals surface area contributed by atoms with Gasteiger partial charge in [0, 0.05) is 43.0 Å². The Labute approximate surface area is 151 Å². The second kappa shape index (κ2) is 6.93. The first-order valence-electron chi connectivity index (χ1n) is 9.15. The molecular formula is C18H23N5O3. The molecule has 2 amide bonds. The van der Waals surface area contributed by atoms with Gasteiger partial charge in [-0.05, 0) is 32.6 Å². The number of hydrogen-bond donors (Lipinski definition) is 2. The zero-order valence-electron chi connectivity index (χ0n) is 14.8. The summed E-state index contributed by atoms with van der Waals surface area (Å²) >= 11 is 0. The van der Waals surface area contributed by atoms with Gasteiger partial charge in [-0.3, -0.25) is 9.59 Å². The first-order valence-corrected chi connectivity index (χ1v) is 9.15. The summed E-state index contributed by atoms with van der Waals surface area (Å²) in [5.41, 5.74) is 0.343. The molecule has 2 N–H and O–H groups in total. The second-order valence-electron chi connectivity index (χ2n) is 7.23. The number of likely N-dealkylation sites (tertiary alicyclic amines) is 1. The molecule has 2 aromatic rings. The summed E-state index contributed by atoms with van der Waals surface area (Å²) in [6, 6.07) is 1.85. The van der Waals surface area contributed by atoms with Gasteiger partial charge in [0.05, 0.1) is 6.42 Å². The first kappa shape index (κ1) is 16.8. The molecule has 26 heavy (non-hydrogen) atoms. The fourth-order valence-corrected chi connectivity index (χ4v) is 3.53. The maximum absolute atomic E-state index is 12.5. The van der Waals surface area contributed by atoms with E-state index >= 15 is 0 Å². The van der Waals surface area contributed by atoms with Crippen molar-refractivity contribution in [3.63, 3.8) is 0 Å². The highest BCUT2D eigenvalue weighted by Gasteiger charge is 2.32. The summed E-state index contributed by atoms with van der Waals surface area (Å²) in [4.78, 5) is 33.8. The lowest BCUT2D eigenvalue weighted by Gasteiger charge is -2.37. The van der Waals surface area contributed by atoms with Gasteiger partial charge >= 0.3 is 0 Å². The molecule has 1 aliphatic heterocycles.